The van der Waals surface area contributed by atoms with E-state index in [0.717, 1.165) is 17.4 Å². The van der Waals surface area contributed by atoms with Crippen molar-refractivity contribution in [2.24, 2.45) is 0 Å². The minimum Gasteiger partial charge on any atom is -0.324 e. The highest BCUT2D eigenvalue weighted by molar-refractivity contribution is 7.91. The van der Waals surface area contributed by atoms with E-state index in [0.29, 0.717) is 5.70 Å². The number of sulfonamides is 1. The molecule has 0 spiro atoms. The molecule has 1 aliphatic heterocycles. The number of hydrogen-bond acceptors (Lipinski definition) is 5. The smallest absolute Gasteiger partial charge is 0.257 e. The Balaban J connectivity index is 1.87. The summed E-state index contributed by atoms with van der Waals surface area (Å²) in [5.41, 5.74) is 2.86. The molecule has 0 amide bonds. The van der Waals surface area contributed by atoms with E-state index in [-0.39, 0.29) is 22.5 Å². The molecule has 0 saturated heterocycles. The summed E-state index contributed by atoms with van der Waals surface area (Å²) >= 11 is 6.29. The summed E-state index contributed by atoms with van der Waals surface area (Å²) in [5.74, 6) is -0.354. The third kappa shape index (κ3) is 3.96. The van der Waals surface area contributed by atoms with Gasteiger partial charge < -0.3 is 5.32 Å². The molecule has 2 aromatic carbocycles. The van der Waals surface area contributed by atoms with Crippen LogP contribution in [0.15, 0.2) is 48.5 Å². The molecular formula is C19H17ClFN5O2S. The van der Waals surface area contributed by atoms with Gasteiger partial charge in [0.05, 0.1) is 6.26 Å². The van der Waals surface area contributed by atoms with E-state index in [1.165, 1.54) is 16.8 Å². The first-order chi connectivity index (χ1) is 13.7. The Labute approximate surface area is 172 Å². The highest BCUT2D eigenvalue weighted by atomic mass is 35.5. The lowest BCUT2D eigenvalue weighted by molar-refractivity contribution is 0.552. The van der Waals surface area contributed by atoms with Crippen molar-refractivity contribution in [3.63, 3.8) is 0 Å². The van der Waals surface area contributed by atoms with Gasteiger partial charge >= 0.3 is 0 Å². The average Bonchev–Trinajstić information content (AvgIpc) is 3.02. The monoisotopic (exact) mass is 433 g/mol. The average molecular weight is 434 g/mol. The van der Waals surface area contributed by atoms with Crippen molar-refractivity contribution in [1.29, 1.82) is 0 Å². The van der Waals surface area contributed by atoms with Crippen molar-refractivity contribution in [3.05, 3.63) is 76.1 Å². The number of allylic oxidation sites excluding steroid dienone is 1. The molecule has 2 N–H and O–H groups in total. The van der Waals surface area contributed by atoms with Gasteiger partial charge in [-0.2, -0.15) is 4.98 Å². The Morgan fingerprint density at radius 2 is 1.93 bits per heavy atom. The fourth-order valence-corrected chi connectivity index (χ4v) is 3.80. The number of benzene rings is 2. The molecule has 1 aliphatic rings. The predicted octanol–water partition coefficient (Wildman–Crippen LogP) is 3.81. The quantitative estimate of drug-likeness (QED) is 0.653. The van der Waals surface area contributed by atoms with Gasteiger partial charge in [0, 0.05) is 16.3 Å². The van der Waals surface area contributed by atoms with Crippen LogP contribution in [0.2, 0.25) is 5.02 Å². The number of halogens is 2. The minimum atomic E-state index is -3.58. The van der Waals surface area contributed by atoms with Gasteiger partial charge in [0.25, 0.3) is 5.95 Å². The SMILES string of the molecule is Cc1ccc(C2=C[C@H](c3c(F)cccc3Cl)n3nc(NS(C)(=O)=O)nc3N2)cc1. The summed E-state index contributed by atoms with van der Waals surface area (Å²) in [6, 6.07) is 11.5. The van der Waals surface area contributed by atoms with Crippen LogP contribution in [-0.2, 0) is 10.0 Å². The molecule has 4 rings (SSSR count). The number of aromatic nitrogens is 3. The maximum Gasteiger partial charge on any atom is 0.257 e. The Morgan fingerprint density at radius 1 is 1.21 bits per heavy atom. The maximum absolute atomic E-state index is 14.7. The standard InChI is InChI=1S/C19H17ClFN5O2S/c1-11-6-8-12(9-7-11)15-10-16(17-13(20)4-3-5-14(17)21)26-19(22-15)23-18(24-26)25-29(2,27)28/h3-10,16H,1-2H3,(H2,22,23,24,25)/t16-/m1/s1. The Morgan fingerprint density at radius 3 is 2.59 bits per heavy atom. The second-order valence-electron chi connectivity index (χ2n) is 6.73. The van der Waals surface area contributed by atoms with E-state index in [2.05, 4.69) is 20.1 Å². The molecule has 7 nitrogen and oxygen atoms in total. The molecule has 150 valence electrons. The van der Waals surface area contributed by atoms with Crippen LogP contribution in [0.3, 0.4) is 0 Å². The third-order valence-electron chi connectivity index (χ3n) is 4.40. The van der Waals surface area contributed by atoms with Crippen LogP contribution in [0, 0.1) is 12.7 Å². The number of nitrogens with one attached hydrogen (secondary N) is 2. The maximum atomic E-state index is 14.7. The van der Waals surface area contributed by atoms with Crippen molar-refractivity contribution in [2.75, 3.05) is 16.3 Å². The first-order valence-corrected chi connectivity index (χ1v) is 10.9. The molecule has 10 heteroatoms. The summed E-state index contributed by atoms with van der Waals surface area (Å²) in [6.07, 6.45) is 2.78. The Kier molecular flexibility index (Phi) is 4.79. The van der Waals surface area contributed by atoms with Crippen LogP contribution >= 0.6 is 11.6 Å². The number of rotatable bonds is 4. The van der Waals surface area contributed by atoms with Crippen molar-refractivity contribution >= 4 is 39.2 Å². The van der Waals surface area contributed by atoms with Crippen LogP contribution in [0.4, 0.5) is 16.3 Å². The normalized spacial score (nSPS) is 16.0. The van der Waals surface area contributed by atoms with Gasteiger partial charge in [-0.3, -0.25) is 4.72 Å². The zero-order chi connectivity index (χ0) is 20.8. The van der Waals surface area contributed by atoms with Gasteiger partial charge in [0.15, 0.2) is 0 Å². The van der Waals surface area contributed by atoms with E-state index in [4.69, 9.17) is 11.6 Å². The molecule has 2 heterocycles. The van der Waals surface area contributed by atoms with Crippen LogP contribution in [0.1, 0.15) is 22.7 Å². The molecule has 3 aromatic rings. The van der Waals surface area contributed by atoms with E-state index >= 15 is 0 Å². The van der Waals surface area contributed by atoms with Crippen LogP contribution < -0.4 is 10.0 Å². The molecule has 0 fully saturated rings. The summed E-state index contributed by atoms with van der Waals surface area (Å²) in [6.45, 7) is 1.98. The molecule has 0 saturated carbocycles. The molecule has 0 unspecified atom stereocenters. The summed E-state index contributed by atoms with van der Waals surface area (Å²) in [7, 11) is -3.58. The fraction of sp³-hybridized carbons (Fsp3) is 0.158. The number of nitrogens with zero attached hydrogens (tertiary/aromatic N) is 3. The topological polar surface area (TPSA) is 88.9 Å². The lowest BCUT2D eigenvalue weighted by atomic mass is 10.0. The molecule has 0 bridgehead atoms. The second-order valence-corrected chi connectivity index (χ2v) is 8.89. The van der Waals surface area contributed by atoms with Gasteiger partial charge in [-0.1, -0.05) is 47.5 Å². The highest BCUT2D eigenvalue weighted by Crippen LogP contribution is 2.37. The zero-order valence-electron chi connectivity index (χ0n) is 15.5. The first kappa shape index (κ1) is 19.4. The number of fused-ring (bicyclic) bond motifs is 1. The van der Waals surface area contributed by atoms with Gasteiger partial charge in [-0.25, -0.2) is 17.5 Å². The van der Waals surface area contributed by atoms with Gasteiger partial charge in [-0.05, 0) is 30.7 Å². The number of anilines is 2. The van der Waals surface area contributed by atoms with Crippen molar-refractivity contribution in [2.45, 2.75) is 13.0 Å². The van der Waals surface area contributed by atoms with Gasteiger partial charge in [-0.15, -0.1) is 5.10 Å². The predicted molar refractivity (Wildman–Crippen MR) is 111 cm³/mol. The zero-order valence-corrected chi connectivity index (χ0v) is 17.1. The molecule has 0 aliphatic carbocycles. The minimum absolute atomic E-state index is 0.119. The number of hydrogen-bond donors (Lipinski definition) is 2. The lowest BCUT2D eigenvalue weighted by Gasteiger charge is -2.25. The van der Waals surface area contributed by atoms with Crippen molar-refractivity contribution in [3.8, 4) is 0 Å². The number of aryl methyl sites for hydroxylation is 1. The summed E-state index contributed by atoms with van der Waals surface area (Å²) < 4.78 is 41.5. The molecular weight excluding hydrogens is 417 g/mol. The van der Waals surface area contributed by atoms with Crippen molar-refractivity contribution < 1.29 is 12.8 Å². The Hall–Kier alpha value is -2.91. The molecule has 1 aromatic heterocycles. The van der Waals surface area contributed by atoms with E-state index in [9.17, 15) is 12.8 Å². The largest absolute Gasteiger partial charge is 0.324 e. The van der Waals surface area contributed by atoms with Crippen molar-refractivity contribution in [1.82, 2.24) is 14.8 Å². The van der Waals surface area contributed by atoms with Crippen LogP contribution in [0.25, 0.3) is 5.70 Å². The third-order valence-corrected chi connectivity index (χ3v) is 5.28. The van der Waals surface area contributed by atoms with Crippen LogP contribution in [0.5, 0.6) is 0 Å². The lowest BCUT2D eigenvalue weighted by Crippen LogP contribution is -2.21. The van der Waals surface area contributed by atoms with Gasteiger partial charge in [0.1, 0.15) is 11.9 Å². The van der Waals surface area contributed by atoms with Crippen LogP contribution in [-0.4, -0.2) is 29.4 Å². The Bertz CT molecular complexity index is 1200. The van der Waals surface area contributed by atoms with E-state index in [1.807, 2.05) is 31.2 Å². The summed E-state index contributed by atoms with van der Waals surface area (Å²) in [4.78, 5) is 4.21. The first-order valence-electron chi connectivity index (χ1n) is 8.65. The molecule has 0 radical (unpaired) electrons. The molecule has 1 atom stereocenters. The van der Waals surface area contributed by atoms with E-state index in [1.54, 1.807) is 12.1 Å². The van der Waals surface area contributed by atoms with Gasteiger partial charge in [0.2, 0.25) is 16.0 Å². The molecule has 29 heavy (non-hydrogen) atoms. The second kappa shape index (κ2) is 7.16. The fourth-order valence-electron chi connectivity index (χ4n) is 3.10. The van der Waals surface area contributed by atoms with E-state index < -0.39 is 21.9 Å². The highest BCUT2D eigenvalue weighted by Gasteiger charge is 2.29. The summed E-state index contributed by atoms with van der Waals surface area (Å²) in [5, 5.41) is 7.56.